The van der Waals surface area contributed by atoms with E-state index in [4.69, 9.17) is 0 Å². The first kappa shape index (κ1) is 50.9. The zero-order valence-corrected chi connectivity index (χ0v) is 48.5. The Hall–Kier alpha value is -10.0. The lowest BCUT2D eigenvalue weighted by atomic mass is 9.83. The van der Waals surface area contributed by atoms with E-state index in [1.165, 1.54) is 154 Å². The third-order valence-electron chi connectivity index (χ3n) is 17.6. The first-order valence-corrected chi connectivity index (χ1v) is 29.6. The molecule has 13 aromatic carbocycles. The topological polar surface area (TPSA) is 9.86 Å². The molecule has 0 unspecified atom stereocenters. The molecular weight excluding hydrogens is 1010 g/mol. The molecule has 2 heteroatoms. The molecule has 15 aromatic rings. The van der Waals surface area contributed by atoms with Crippen LogP contribution in [0.4, 0.5) is 0 Å². The van der Waals surface area contributed by atoms with Crippen molar-refractivity contribution in [2.45, 2.75) is 52.4 Å². The number of para-hydroxylation sites is 2. The summed E-state index contributed by atoms with van der Waals surface area (Å²) in [5.41, 5.74) is 24.3. The molecule has 0 amide bonds. The second kappa shape index (κ2) is 19.9. The van der Waals surface area contributed by atoms with Gasteiger partial charge in [0, 0.05) is 32.9 Å². The molecule has 0 fully saturated rings. The number of hydrogen-bond acceptors (Lipinski definition) is 0. The van der Waals surface area contributed by atoms with Crippen molar-refractivity contribution in [1.29, 1.82) is 0 Å². The fraction of sp³-hybridized carbons (Fsp3) is 0.0976. The van der Waals surface area contributed by atoms with Gasteiger partial charge in [0.15, 0.2) is 0 Å². The standard InChI is InChI=1S/C82H64N2/c1-81(2,3)63-39-45-77-71(51-63)69-47-61(37-43-75(69)83(77)65-23-15-9-16-24-65)55-27-31-57(32-28-55)79-67-41-35-60(54-21-13-8-14-22-54)50-74(67)80(68-42-36-59(49-73(68)79)53-19-11-7-12-20-53)58-33-29-56(30-34-58)62-38-44-76-70(48-62)72-52-64(82(4,5)6)40-46-78(72)84(76)66-25-17-10-18-26-66/h7-52H,1-6H3. The van der Waals surface area contributed by atoms with Crippen molar-refractivity contribution >= 4 is 65.2 Å². The minimum absolute atomic E-state index is 0.0203. The zero-order chi connectivity index (χ0) is 56.8. The predicted molar refractivity (Wildman–Crippen MR) is 360 cm³/mol. The Morgan fingerprint density at radius 3 is 0.810 bits per heavy atom. The van der Waals surface area contributed by atoms with Crippen molar-refractivity contribution in [3.05, 3.63) is 290 Å². The predicted octanol–water partition coefficient (Wildman–Crippen LogP) is 22.8. The van der Waals surface area contributed by atoms with Gasteiger partial charge < -0.3 is 9.13 Å². The van der Waals surface area contributed by atoms with Crippen LogP contribution in [-0.4, -0.2) is 9.13 Å². The van der Waals surface area contributed by atoms with E-state index in [9.17, 15) is 0 Å². The average Bonchev–Trinajstić information content (AvgIpc) is 1.61. The van der Waals surface area contributed by atoms with Gasteiger partial charge in [-0.2, -0.15) is 0 Å². The molecule has 2 nitrogen and oxygen atoms in total. The van der Waals surface area contributed by atoms with Gasteiger partial charge in [-0.25, -0.2) is 0 Å². The van der Waals surface area contributed by atoms with Crippen molar-refractivity contribution in [3.63, 3.8) is 0 Å². The Morgan fingerprint density at radius 2 is 0.464 bits per heavy atom. The Labute approximate surface area is 492 Å². The highest BCUT2D eigenvalue weighted by Gasteiger charge is 2.23. The monoisotopic (exact) mass is 1080 g/mol. The lowest BCUT2D eigenvalue weighted by Gasteiger charge is -2.20. The summed E-state index contributed by atoms with van der Waals surface area (Å²) in [5.74, 6) is 0. The van der Waals surface area contributed by atoms with Crippen molar-refractivity contribution in [2.24, 2.45) is 0 Å². The number of aromatic nitrogens is 2. The number of hydrogen-bond donors (Lipinski definition) is 0. The van der Waals surface area contributed by atoms with Gasteiger partial charge in [0.1, 0.15) is 0 Å². The van der Waals surface area contributed by atoms with E-state index >= 15 is 0 Å². The highest BCUT2D eigenvalue weighted by Crippen LogP contribution is 2.48. The van der Waals surface area contributed by atoms with Crippen LogP contribution in [-0.2, 0) is 10.8 Å². The number of rotatable bonds is 8. The minimum Gasteiger partial charge on any atom is -0.309 e. The van der Waals surface area contributed by atoms with Crippen LogP contribution >= 0.6 is 0 Å². The normalized spacial score (nSPS) is 12.2. The molecule has 0 aliphatic rings. The van der Waals surface area contributed by atoms with Gasteiger partial charge in [0.2, 0.25) is 0 Å². The second-order valence-corrected chi connectivity index (χ2v) is 24.9. The molecule has 0 atom stereocenters. The van der Waals surface area contributed by atoms with Crippen molar-refractivity contribution in [2.75, 3.05) is 0 Å². The van der Waals surface area contributed by atoms with E-state index in [0.717, 1.165) is 0 Å². The van der Waals surface area contributed by atoms with E-state index in [-0.39, 0.29) is 10.8 Å². The lowest BCUT2D eigenvalue weighted by molar-refractivity contribution is 0.591. The van der Waals surface area contributed by atoms with E-state index in [2.05, 4.69) is 330 Å². The summed E-state index contributed by atoms with van der Waals surface area (Å²) in [7, 11) is 0. The molecule has 0 saturated heterocycles. The van der Waals surface area contributed by atoms with Crippen LogP contribution in [0.1, 0.15) is 52.7 Å². The average molecular weight is 1080 g/mol. The maximum Gasteiger partial charge on any atom is 0.0541 e. The van der Waals surface area contributed by atoms with Crippen LogP contribution in [0.2, 0.25) is 0 Å². The molecule has 0 radical (unpaired) electrons. The maximum absolute atomic E-state index is 2.44. The molecule has 0 spiro atoms. The van der Waals surface area contributed by atoms with Crippen LogP contribution in [0.3, 0.4) is 0 Å². The molecule has 0 saturated carbocycles. The van der Waals surface area contributed by atoms with Gasteiger partial charge in [-0.1, -0.05) is 236 Å². The molecule has 0 N–H and O–H groups in total. The third kappa shape index (κ3) is 8.72. The van der Waals surface area contributed by atoms with E-state index < -0.39 is 0 Å². The van der Waals surface area contributed by atoms with Gasteiger partial charge >= 0.3 is 0 Å². The maximum atomic E-state index is 2.44. The SMILES string of the molecule is CC(C)(C)c1ccc2c(c1)c1cc(-c3ccc(-c4c5ccc(-c6ccccc6)cc5c(-c5ccc(-c6ccc7c(c6)c6cc(C(C)(C)C)ccc6n7-c6ccccc6)cc5)c5ccc(-c6ccccc6)cc45)cc3)ccc1n2-c1ccccc1. The van der Waals surface area contributed by atoms with Gasteiger partial charge in [-0.3, -0.25) is 0 Å². The lowest BCUT2D eigenvalue weighted by Crippen LogP contribution is -2.10. The van der Waals surface area contributed by atoms with E-state index in [0.29, 0.717) is 0 Å². The first-order chi connectivity index (χ1) is 40.9. The fourth-order valence-corrected chi connectivity index (χ4v) is 13.2. The molecule has 2 aromatic heterocycles. The number of fused-ring (bicyclic) bond motifs is 8. The van der Waals surface area contributed by atoms with E-state index in [1.807, 2.05) is 0 Å². The Bertz CT molecular complexity index is 4690. The number of benzene rings is 13. The molecule has 15 rings (SSSR count). The zero-order valence-electron chi connectivity index (χ0n) is 48.5. The Morgan fingerprint density at radius 1 is 0.202 bits per heavy atom. The quantitative estimate of drug-likeness (QED) is 0.134. The molecule has 0 bridgehead atoms. The Balaban J connectivity index is 0.895. The summed E-state index contributed by atoms with van der Waals surface area (Å²) >= 11 is 0. The summed E-state index contributed by atoms with van der Waals surface area (Å²) < 4.78 is 4.83. The third-order valence-corrected chi connectivity index (χ3v) is 17.6. The highest BCUT2D eigenvalue weighted by atomic mass is 15.0. The molecule has 0 aliphatic heterocycles. The van der Waals surface area contributed by atoms with Crippen LogP contribution in [0.5, 0.6) is 0 Å². The smallest absolute Gasteiger partial charge is 0.0541 e. The molecule has 0 aliphatic carbocycles. The van der Waals surface area contributed by atoms with Crippen LogP contribution in [0, 0.1) is 0 Å². The molecular formula is C82H64N2. The van der Waals surface area contributed by atoms with Crippen molar-refractivity contribution < 1.29 is 0 Å². The molecule has 84 heavy (non-hydrogen) atoms. The van der Waals surface area contributed by atoms with Gasteiger partial charge in [-0.05, 0) is 195 Å². The number of nitrogens with zero attached hydrogens (tertiary/aromatic N) is 2. The first-order valence-electron chi connectivity index (χ1n) is 29.6. The molecule has 2 heterocycles. The second-order valence-electron chi connectivity index (χ2n) is 24.9. The fourth-order valence-electron chi connectivity index (χ4n) is 13.2. The van der Waals surface area contributed by atoms with Crippen LogP contribution in [0.25, 0.3) is 143 Å². The van der Waals surface area contributed by atoms with Gasteiger partial charge in [0.25, 0.3) is 0 Å². The van der Waals surface area contributed by atoms with Crippen molar-refractivity contribution in [1.82, 2.24) is 9.13 Å². The van der Waals surface area contributed by atoms with Gasteiger partial charge in [0.05, 0.1) is 22.1 Å². The van der Waals surface area contributed by atoms with Gasteiger partial charge in [-0.15, -0.1) is 0 Å². The summed E-state index contributed by atoms with van der Waals surface area (Å²) in [5, 5.41) is 9.95. The van der Waals surface area contributed by atoms with Crippen LogP contribution in [0.15, 0.2) is 279 Å². The summed E-state index contributed by atoms with van der Waals surface area (Å²) in [6.07, 6.45) is 0. The van der Waals surface area contributed by atoms with E-state index in [1.54, 1.807) is 0 Å². The highest BCUT2D eigenvalue weighted by molar-refractivity contribution is 6.23. The Kier molecular flexibility index (Phi) is 12.0. The van der Waals surface area contributed by atoms with Crippen LogP contribution < -0.4 is 0 Å². The summed E-state index contributed by atoms with van der Waals surface area (Å²) in [6.45, 7) is 13.8. The minimum atomic E-state index is 0.0203. The summed E-state index contributed by atoms with van der Waals surface area (Å²) in [4.78, 5) is 0. The molecule has 402 valence electrons. The largest absolute Gasteiger partial charge is 0.309 e. The summed E-state index contributed by atoms with van der Waals surface area (Å²) in [6, 6.07) is 104. The van der Waals surface area contributed by atoms with Crippen molar-refractivity contribution in [3.8, 4) is 78.1 Å².